The Hall–Kier alpha value is -2.93. The fourth-order valence-corrected chi connectivity index (χ4v) is 3.36. The molecule has 0 radical (unpaired) electrons. The van der Waals surface area contributed by atoms with E-state index >= 15 is 0 Å². The number of carbonyl (C=O) groups is 1. The minimum atomic E-state index is -0.0634. The first-order valence-electron chi connectivity index (χ1n) is 8.75. The lowest BCUT2D eigenvalue weighted by Crippen LogP contribution is -3.13. The maximum absolute atomic E-state index is 12.3. The summed E-state index contributed by atoms with van der Waals surface area (Å²) in [6.07, 6.45) is 3.32. The van der Waals surface area contributed by atoms with Crippen molar-refractivity contribution in [2.75, 3.05) is 26.2 Å². The highest BCUT2D eigenvalue weighted by Crippen LogP contribution is 2.06. The van der Waals surface area contributed by atoms with Gasteiger partial charge in [0.15, 0.2) is 5.76 Å². The summed E-state index contributed by atoms with van der Waals surface area (Å²) in [4.78, 5) is 32.4. The van der Waals surface area contributed by atoms with Crippen molar-refractivity contribution in [2.24, 2.45) is 0 Å². The summed E-state index contributed by atoms with van der Waals surface area (Å²) in [5.74, 6) is 0.319. The summed E-state index contributed by atoms with van der Waals surface area (Å²) in [5.41, 5.74) is 2.43. The van der Waals surface area contributed by atoms with Crippen molar-refractivity contribution in [1.29, 1.82) is 0 Å². The molecule has 7 nitrogen and oxygen atoms in total. The van der Waals surface area contributed by atoms with Gasteiger partial charge in [-0.3, -0.25) is 14.0 Å². The van der Waals surface area contributed by atoms with Crippen LogP contribution in [0.4, 0.5) is 0 Å². The highest BCUT2D eigenvalue weighted by molar-refractivity contribution is 5.91. The van der Waals surface area contributed by atoms with Gasteiger partial charge in [0, 0.05) is 12.3 Å². The molecule has 1 saturated heterocycles. The maximum atomic E-state index is 12.3. The Morgan fingerprint density at radius 1 is 1.27 bits per heavy atom. The molecule has 4 heterocycles. The van der Waals surface area contributed by atoms with Crippen molar-refractivity contribution in [2.45, 2.75) is 13.5 Å². The van der Waals surface area contributed by atoms with Gasteiger partial charge in [0.2, 0.25) is 0 Å². The molecule has 0 aliphatic carbocycles. The molecule has 1 amide bonds. The van der Waals surface area contributed by atoms with Crippen LogP contribution in [0.15, 0.2) is 52.0 Å². The molecule has 0 saturated carbocycles. The van der Waals surface area contributed by atoms with Gasteiger partial charge in [0.05, 0.1) is 32.4 Å². The Morgan fingerprint density at radius 3 is 2.81 bits per heavy atom. The van der Waals surface area contributed by atoms with E-state index in [1.165, 1.54) is 11.2 Å². The van der Waals surface area contributed by atoms with Gasteiger partial charge in [-0.05, 0) is 30.7 Å². The van der Waals surface area contributed by atoms with Crippen LogP contribution in [0, 0.1) is 6.92 Å². The molecule has 1 fully saturated rings. The quantitative estimate of drug-likeness (QED) is 0.727. The van der Waals surface area contributed by atoms with E-state index in [4.69, 9.17) is 4.42 Å². The van der Waals surface area contributed by atoms with Crippen LogP contribution in [0.2, 0.25) is 0 Å². The summed E-state index contributed by atoms with van der Waals surface area (Å²) >= 11 is 0. The van der Waals surface area contributed by atoms with Crippen molar-refractivity contribution >= 4 is 11.6 Å². The van der Waals surface area contributed by atoms with E-state index in [1.54, 1.807) is 28.8 Å². The van der Waals surface area contributed by atoms with Crippen LogP contribution in [-0.2, 0) is 6.54 Å². The van der Waals surface area contributed by atoms with Crippen LogP contribution in [-0.4, -0.2) is 46.4 Å². The van der Waals surface area contributed by atoms with E-state index in [1.807, 2.05) is 24.0 Å². The third kappa shape index (κ3) is 3.25. The van der Waals surface area contributed by atoms with Gasteiger partial charge in [-0.1, -0.05) is 6.07 Å². The van der Waals surface area contributed by atoms with Crippen LogP contribution >= 0.6 is 0 Å². The van der Waals surface area contributed by atoms with Crippen molar-refractivity contribution in [3.05, 3.63) is 70.2 Å². The molecule has 0 spiro atoms. The van der Waals surface area contributed by atoms with Gasteiger partial charge in [-0.15, -0.1) is 0 Å². The summed E-state index contributed by atoms with van der Waals surface area (Å²) in [6, 6.07) is 8.85. The van der Waals surface area contributed by atoms with Crippen molar-refractivity contribution < 1.29 is 14.1 Å². The van der Waals surface area contributed by atoms with E-state index in [0.717, 1.165) is 24.3 Å². The van der Waals surface area contributed by atoms with E-state index in [9.17, 15) is 9.59 Å². The maximum Gasteiger partial charge on any atom is 0.289 e. The first-order valence-corrected chi connectivity index (χ1v) is 8.75. The summed E-state index contributed by atoms with van der Waals surface area (Å²) in [6.45, 7) is 5.61. The summed E-state index contributed by atoms with van der Waals surface area (Å²) in [5, 5.41) is 0. The van der Waals surface area contributed by atoms with Gasteiger partial charge in [-0.25, -0.2) is 4.98 Å². The molecule has 0 bridgehead atoms. The Bertz CT molecular complexity index is 986. The lowest BCUT2D eigenvalue weighted by atomic mass is 10.2. The third-order valence-corrected chi connectivity index (χ3v) is 4.78. The number of nitrogens with zero attached hydrogens (tertiary/aromatic N) is 3. The fourth-order valence-electron chi connectivity index (χ4n) is 3.36. The van der Waals surface area contributed by atoms with E-state index in [-0.39, 0.29) is 11.5 Å². The van der Waals surface area contributed by atoms with E-state index in [2.05, 4.69) is 4.98 Å². The number of rotatable bonds is 3. The molecule has 0 aromatic carbocycles. The lowest BCUT2D eigenvalue weighted by Gasteiger charge is -2.31. The number of aryl methyl sites for hydroxylation is 1. The number of amides is 1. The topological polar surface area (TPSA) is 72.3 Å². The van der Waals surface area contributed by atoms with Gasteiger partial charge < -0.3 is 14.2 Å². The number of aromatic nitrogens is 2. The van der Waals surface area contributed by atoms with Gasteiger partial charge >= 0.3 is 0 Å². The number of fused-ring (bicyclic) bond motifs is 1. The van der Waals surface area contributed by atoms with Gasteiger partial charge in [0.1, 0.15) is 17.9 Å². The monoisotopic (exact) mass is 353 g/mol. The number of quaternary nitrogens is 1. The molecule has 1 aliphatic rings. The average Bonchev–Trinajstić information content (AvgIpc) is 3.17. The zero-order valence-electron chi connectivity index (χ0n) is 14.6. The molecule has 1 aliphatic heterocycles. The lowest BCUT2D eigenvalue weighted by molar-refractivity contribution is -0.917. The van der Waals surface area contributed by atoms with Crippen molar-refractivity contribution in [3.8, 4) is 0 Å². The molecule has 3 aromatic heterocycles. The minimum absolute atomic E-state index is 0.0558. The molecule has 0 atom stereocenters. The van der Waals surface area contributed by atoms with Gasteiger partial charge in [-0.2, -0.15) is 0 Å². The van der Waals surface area contributed by atoms with Crippen LogP contribution < -0.4 is 10.5 Å². The Labute approximate surface area is 150 Å². The normalized spacial score (nSPS) is 15.5. The van der Waals surface area contributed by atoms with Gasteiger partial charge in [0.25, 0.3) is 11.5 Å². The molecule has 4 rings (SSSR count). The smallest absolute Gasteiger partial charge is 0.289 e. The van der Waals surface area contributed by atoms with E-state index < -0.39 is 0 Å². The SMILES string of the molecule is Cc1ccc2nc(C[NH+]3CCN(C(=O)c4ccco4)CC3)cc(=O)n2c1. The molecule has 1 N–H and O–H groups in total. The zero-order chi connectivity index (χ0) is 18.1. The fraction of sp³-hybridized carbons (Fsp3) is 0.316. The van der Waals surface area contributed by atoms with Crippen molar-refractivity contribution in [1.82, 2.24) is 14.3 Å². The second kappa shape index (κ2) is 6.76. The molecule has 3 aromatic rings. The largest absolute Gasteiger partial charge is 0.459 e. The molecular formula is C19H21N4O3+. The predicted molar refractivity (Wildman–Crippen MR) is 95.2 cm³/mol. The second-order valence-electron chi connectivity index (χ2n) is 6.72. The molecule has 134 valence electrons. The molecular weight excluding hydrogens is 332 g/mol. The molecule has 26 heavy (non-hydrogen) atoms. The molecule has 0 unspecified atom stereocenters. The third-order valence-electron chi connectivity index (χ3n) is 4.78. The number of hydrogen-bond donors (Lipinski definition) is 1. The second-order valence-corrected chi connectivity index (χ2v) is 6.72. The summed E-state index contributed by atoms with van der Waals surface area (Å²) < 4.78 is 6.77. The zero-order valence-corrected chi connectivity index (χ0v) is 14.6. The number of nitrogens with one attached hydrogen (secondary N) is 1. The van der Waals surface area contributed by atoms with Crippen molar-refractivity contribution in [3.63, 3.8) is 0 Å². The van der Waals surface area contributed by atoms with Crippen LogP contribution in [0.3, 0.4) is 0 Å². The summed E-state index contributed by atoms with van der Waals surface area (Å²) in [7, 11) is 0. The van der Waals surface area contributed by atoms with Crippen LogP contribution in [0.5, 0.6) is 0 Å². The number of piperazine rings is 1. The highest BCUT2D eigenvalue weighted by atomic mass is 16.3. The Kier molecular flexibility index (Phi) is 4.30. The standard InChI is InChI=1S/C19H20N4O3/c1-14-4-5-17-20-15(11-18(24)23(17)12-14)13-21-6-8-22(9-7-21)19(25)16-3-2-10-26-16/h2-5,10-12H,6-9,13H2,1H3/p+1. The number of carbonyl (C=O) groups excluding carboxylic acids is 1. The molecule has 7 heteroatoms. The first-order chi connectivity index (χ1) is 12.6. The number of pyridine rings is 1. The Balaban J connectivity index is 1.43. The number of hydrogen-bond acceptors (Lipinski definition) is 4. The average molecular weight is 353 g/mol. The Morgan fingerprint density at radius 2 is 2.08 bits per heavy atom. The van der Waals surface area contributed by atoms with Crippen LogP contribution in [0.25, 0.3) is 5.65 Å². The van der Waals surface area contributed by atoms with Crippen LogP contribution in [0.1, 0.15) is 21.8 Å². The van der Waals surface area contributed by atoms with E-state index in [0.29, 0.717) is 31.0 Å². The predicted octanol–water partition coefficient (Wildman–Crippen LogP) is 0.137. The number of furan rings is 1. The first kappa shape index (κ1) is 16.5. The highest BCUT2D eigenvalue weighted by Gasteiger charge is 2.26. The minimum Gasteiger partial charge on any atom is -0.459 e.